The molecule has 0 saturated heterocycles. The van der Waals surface area contributed by atoms with Crippen molar-refractivity contribution in [1.82, 2.24) is 5.32 Å². The maximum Gasteiger partial charge on any atom is 0.287 e. The number of hydrogen-bond donors (Lipinski definition) is 2. The van der Waals surface area contributed by atoms with Crippen molar-refractivity contribution < 1.29 is 14.3 Å². The van der Waals surface area contributed by atoms with Crippen LogP contribution in [0.4, 0.5) is 0 Å². The fourth-order valence-electron chi connectivity index (χ4n) is 2.00. The van der Waals surface area contributed by atoms with Crippen molar-refractivity contribution in [2.75, 3.05) is 6.54 Å². The third kappa shape index (κ3) is 2.57. The Bertz CT molecular complexity index is 377. The number of carbonyl (C=O) groups is 1. The van der Waals surface area contributed by atoms with Crippen LogP contribution in [0.3, 0.4) is 0 Å². The fraction of sp³-hybridized carbons (Fsp3) is 0.545. The van der Waals surface area contributed by atoms with E-state index < -0.39 is 0 Å². The second-order valence-corrected chi connectivity index (χ2v) is 4.44. The summed E-state index contributed by atoms with van der Waals surface area (Å²) in [5, 5.41) is 12.5. The fourth-order valence-corrected chi connectivity index (χ4v) is 2.15. The van der Waals surface area contributed by atoms with Gasteiger partial charge < -0.3 is 14.8 Å². The normalized spacial score (nSPS) is 24.6. The molecular weight excluding hydrogens is 230 g/mol. The number of hydrogen-bond acceptors (Lipinski definition) is 3. The van der Waals surface area contributed by atoms with Crippen LogP contribution in [0.1, 0.15) is 29.8 Å². The Labute approximate surface area is 98.6 Å². The van der Waals surface area contributed by atoms with E-state index in [-0.39, 0.29) is 28.9 Å². The smallest absolute Gasteiger partial charge is 0.287 e. The number of aliphatic hydroxyl groups excluding tert-OH is 1. The lowest BCUT2D eigenvalue weighted by atomic mass is 10.1. The van der Waals surface area contributed by atoms with Crippen LogP contribution >= 0.6 is 11.6 Å². The summed E-state index contributed by atoms with van der Waals surface area (Å²) in [5.41, 5.74) is 0. The lowest BCUT2D eigenvalue weighted by Crippen LogP contribution is -2.32. The second kappa shape index (κ2) is 4.89. The van der Waals surface area contributed by atoms with Crippen LogP contribution < -0.4 is 5.32 Å². The van der Waals surface area contributed by atoms with E-state index in [0.29, 0.717) is 6.54 Å². The lowest BCUT2D eigenvalue weighted by molar-refractivity contribution is 0.0890. The Morgan fingerprint density at radius 3 is 2.94 bits per heavy atom. The molecule has 5 heteroatoms. The third-order valence-corrected chi connectivity index (χ3v) is 3.14. The molecule has 2 rings (SSSR count). The highest BCUT2D eigenvalue weighted by Gasteiger charge is 2.25. The maximum absolute atomic E-state index is 11.6. The average molecular weight is 244 g/mol. The molecule has 1 aliphatic rings. The zero-order chi connectivity index (χ0) is 11.5. The molecule has 0 aliphatic heterocycles. The number of nitrogens with one attached hydrogen (secondary N) is 1. The van der Waals surface area contributed by atoms with Gasteiger partial charge in [0.1, 0.15) is 0 Å². The van der Waals surface area contributed by atoms with Gasteiger partial charge >= 0.3 is 0 Å². The van der Waals surface area contributed by atoms with Crippen LogP contribution in [0.25, 0.3) is 0 Å². The molecule has 0 bridgehead atoms. The SMILES string of the molecule is O=C(NCC1CCCC1O)c1ccc(Cl)o1. The highest BCUT2D eigenvalue weighted by atomic mass is 35.5. The van der Waals surface area contributed by atoms with E-state index in [2.05, 4.69) is 5.32 Å². The molecule has 2 N–H and O–H groups in total. The summed E-state index contributed by atoms with van der Waals surface area (Å²) in [7, 11) is 0. The molecule has 0 aromatic carbocycles. The van der Waals surface area contributed by atoms with Gasteiger partial charge in [0.2, 0.25) is 0 Å². The zero-order valence-electron chi connectivity index (χ0n) is 8.78. The van der Waals surface area contributed by atoms with E-state index >= 15 is 0 Å². The average Bonchev–Trinajstić information content (AvgIpc) is 2.84. The predicted octanol–water partition coefficient (Wildman–Crippen LogP) is 1.82. The van der Waals surface area contributed by atoms with Crippen molar-refractivity contribution in [2.45, 2.75) is 25.4 Å². The van der Waals surface area contributed by atoms with E-state index in [0.717, 1.165) is 19.3 Å². The van der Waals surface area contributed by atoms with Gasteiger partial charge in [0.15, 0.2) is 11.0 Å². The molecule has 1 saturated carbocycles. The Balaban J connectivity index is 1.84. The summed E-state index contributed by atoms with van der Waals surface area (Å²) in [6, 6.07) is 3.06. The first-order valence-corrected chi connectivity index (χ1v) is 5.76. The summed E-state index contributed by atoms with van der Waals surface area (Å²) in [5.74, 6) is 0.0814. The Hall–Kier alpha value is -1.00. The molecule has 1 aromatic rings. The van der Waals surface area contributed by atoms with Crippen LogP contribution in [0.2, 0.25) is 5.22 Å². The number of rotatable bonds is 3. The van der Waals surface area contributed by atoms with Crippen molar-refractivity contribution >= 4 is 17.5 Å². The van der Waals surface area contributed by atoms with Gasteiger partial charge in [0, 0.05) is 12.5 Å². The van der Waals surface area contributed by atoms with Gasteiger partial charge in [-0.15, -0.1) is 0 Å². The van der Waals surface area contributed by atoms with Gasteiger partial charge in [-0.2, -0.15) is 0 Å². The van der Waals surface area contributed by atoms with E-state index in [1.54, 1.807) is 0 Å². The monoisotopic (exact) mass is 243 g/mol. The summed E-state index contributed by atoms with van der Waals surface area (Å²) in [4.78, 5) is 11.6. The van der Waals surface area contributed by atoms with Gasteiger partial charge in [0.05, 0.1) is 6.10 Å². The molecule has 2 atom stereocenters. The highest BCUT2D eigenvalue weighted by Crippen LogP contribution is 2.24. The first kappa shape index (κ1) is 11.5. The third-order valence-electron chi connectivity index (χ3n) is 2.94. The second-order valence-electron chi connectivity index (χ2n) is 4.07. The van der Waals surface area contributed by atoms with Gasteiger partial charge in [-0.05, 0) is 36.6 Å². The van der Waals surface area contributed by atoms with Gasteiger partial charge in [-0.1, -0.05) is 6.42 Å². The molecule has 1 aliphatic carbocycles. The number of carbonyl (C=O) groups excluding carboxylic acids is 1. The molecule has 0 spiro atoms. The number of furan rings is 1. The molecule has 0 radical (unpaired) electrons. The molecule has 1 heterocycles. The van der Waals surface area contributed by atoms with E-state index in [1.807, 2.05) is 0 Å². The molecule has 2 unspecified atom stereocenters. The number of halogens is 1. The van der Waals surface area contributed by atoms with Crippen molar-refractivity contribution in [3.05, 3.63) is 23.1 Å². The topological polar surface area (TPSA) is 62.5 Å². The first-order chi connectivity index (χ1) is 7.66. The van der Waals surface area contributed by atoms with Gasteiger partial charge in [0.25, 0.3) is 5.91 Å². The van der Waals surface area contributed by atoms with Crippen LogP contribution in [-0.2, 0) is 0 Å². The lowest BCUT2D eigenvalue weighted by Gasteiger charge is -2.14. The van der Waals surface area contributed by atoms with Gasteiger partial charge in [-0.3, -0.25) is 4.79 Å². The van der Waals surface area contributed by atoms with Crippen LogP contribution in [0.5, 0.6) is 0 Å². The molecule has 1 amide bonds. The Kier molecular flexibility index (Phi) is 3.51. The highest BCUT2D eigenvalue weighted by molar-refractivity contribution is 6.29. The minimum Gasteiger partial charge on any atom is -0.440 e. The van der Waals surface area contributed by atoms with Crippen LogP contribution in [-0.4, -0.2) is 23.7 Å². The largest absolute Gasteiger partial charge is 0.440 e. The summed E-state index contributed by atoms with van der Waals surface area (Å²) < 4.78 is 4.98. The Morgan fingerprint density at radius 1 is 1.56 bits per heavy atom. The first-order valence-electron chi connectivity index (χ1n) is 5.38. The molecule has 4 nitrogen and oxygen atoms in total. The Morgan fingerprint density at radius 2 is 2.38 bits per heavy atom. The zero-order valence-corrected chi connectivity index (χ0v) is 9.54. The van der Waals surface area contributed by atoms with Crippen molar-refractivity contribution in [3.63, 3.8) is 0 Å². The van der Waals surface area contributed by atoms with Crippen LogP contribution in [0.15, 0.2) is 16.5 Å². The van der Waals surface area contributed by atoms with Crippen molar-refractivity contribution in [1.29, 1.82) is 0 Å². The summed E-state index contributed by atoms with van der Waals surface area (Å²) in [6.07, 6.45) is 2.52. The van der Waals surface area contributed by atoms with Gasteiger partial charge in [-0.25, -0.2) is 0 Å². The standard InChI is InChI=1S/C11H14ClNO3/c12-10-5-4-9(16-10)11(15)13-6-7-2-1-3-8(7)14/h4-5,7-8,14H,1-3,6H2,(H,13,15). The van der Waals surface area contributed by atoms with E-state index in [1.165, 1.54) is 12.1 Å². The van der Waals surface area contributed by atoms with Crippen molar-refractivity contribution in [3.8, 4) is 0 Å². The van der Waals surface area contributed by atoms with Crippen molar-refractivity contribution in [2.24, 2.45) is 5.92 Å². The predicted molar refractivity (Wildman–Crippen MR) is 59.4 cm³/mol. The maximum atomic E-state index is 11.6. The van der Waals surface area contributed by atoms with E-state index in [4.69, 9.17) is 16.0 Å². The molecule has 1 fully saturated rings. The quantitative estimate of drug-likeness (QED) is 0.851. The minimum absolute atomic E-state index is 0.161. The van der Waals surface area contributed by atoms with Crippen LogP contribution in [0, 0.1) is 5.92 Å². The molecule has 88 valence electrons. The molecule has 1 aromatic heterocycles. The number of aliphatic hydroxyl groups is 1. The number of amides is 1. The van der Waals surface area contributed by atoms with E-state index in [9.17, 15) is 9.90 Å². The minimum atomic E-state index is -0.291. The molecular formula is C11H14ClNO3. The molecule has 16 heavy (non-hydrogen) atoms. The summed E-state index contributed by atoms with van der Waals surface area (Å²) in [6.45, 7) is 0.484. The summed E-state index contributed by atoms with van der Waals surface area (Å²) >= 11 is 5.57.